The lowest BCUT2D eigenvalue weighted by molar-refractivity contribution is 0.206. The van der Waals surface area contributed by atoms with E-state index in [-0.39, 0.29) is 6.04 Å². The maximum Gasteiger partial charge on any atom is 0.131 e. The maximum absolute atomic E-state index is 5.82. The third-order valence-corrected chi connectivity index (χ3v) is 2.40. The van der Waals surface area contributed by atoms with E-state index in [2.05, 4.69) is 16.0 Å². The molecule has 1 aromatic rings. The quantitative estimate of drug-likeness (QED) is 0.783. The van der Waals surface area contributed by atoms with E-state index in [0.29, 0.717) is 6.61 Å². The lowest BCUT2D eigenvalue weighted by Gasteiger charge is -2.21. The van der Waals surface area contributed by atoms with Gasteiger partial charge in [-0.2, -0.15) is 0 Å². The number of likely N-dealkylation sites (N-methyl/N-ethyl adjacent to an activating group) is 1. The summed E-state index contributed by atoms with van der Waals surface area (Å²) in [6.45, 7) is 3.54. The summed E-state index contributed by atoms with van der Waals surface area (Å²) in [7, 11) is 3.72. The Balaban J connectivity index is 2.76. The summed E-state index contributed by atoms with van der Waals surface area (Å²) in [5.41, 5.74) is 7.01. The van der Waals surface area contributed by atoms with Gasteiger partial charge in [0.1, 0.15) is 5.82 Å². The first-order valence-electron chi connectivity index (χ1n) is 5.54. The van der Waals surface area contributed by atoms with E-state index >= 15 is 0 Å². The van der Waals surface area contributed by atoms with Gasteiger partial charge in [-0.05, 0) is 25.0 Å². The van der Waals surface area contributed by atoms with Gasteiger partial charge >= 0.3 is 0 Å². The largest absolute Gasteiger partial charge is 0.383 e. The van der Waals surface area contributed by atoms with Gasteiger partial charge in [0, 0.05) is 32.9 Å². The summed E-state index contributed by atoms with van der Waals surface area (Å²) in [4.78, 5) is 6.50. The van der Waals surface area contributed by atoms with Crippen molar-refractivity contribution in [2.75, 3.05) is 32.2 Å². The highest BCUT2D eigenvalue weighted by Crippen LogP contribution is 2.16. The van der Waals surface area contributed by atoms with Crippen LogP contribution in [0.15, 0.2) is 18.3 Å². The minimum atomic E-state index is 0.152. The lowest BCUT2D eigenvalue weighted by atomic mass is 10.1. The van der Waals surface area contributed by atoms with Gasteiger partial charge in [-0.15, -0.1) is 0 Å². The molecule has 4 heteroatoms. The fraction of sp³-hybridized carbons (Fsp3) is 0.583. The fourth-order valence-corrected chi connectivity index (χ4v) is 1.61. The summed E-state index contributed by atoms with van der Waals surface area (Å²) >= 11 is 0. The van der Waals surface area contributed by atoms with Gasteiger partial charge in [-0.3, -0.25) is 0 Å². The van der Waals surface area contributed by atoms with Crippen molar-refractivity contribution in [2.24, 2.45) is 5.73 Å². The predicted octanol–water partition coefficient (Wildman–Crippen LogP) is 1.05. The van der Waals surface area contributed by atoms with Gasteiger partial charge in [-0.25, -0.2) is 4.98 Å². The normalized spacial score (nSPS) is 12.5. The Morgan fingerprint density at radius 2 is 2.31 bits per heavy atom. The number of rotatable bonds is 6. The Morgan fingerprint density at radius 3 is 2.94 bits per heavy atom. The third-order valence-electron chi connectivity index (χ3n) is 2.40. The molecule has 1 aromatic heterocycles. The van der Waals surface area contributed by atoms with Crippen LogP contribution in [0.5, 0.6) is 0 Å². The zero-order chi connectivity index (χ0) is 12.0. The molecular weight excluding hydrogens is 202 g/mol. The standard InChI is InChI=1S/C12H21N3O/c1-10(13)9-11-5-4-6-14-12(11)15(2)7-8-16-3/h4-6,10H,7-9,13H2,1-3H3. The average molecular weight is 223 g/mol. The molecule has 1 atom stereocenters. The highest BCUT2D eigenvalue weighted by molar-refractivity contribution is 5.46. The van der Waals surface area contributed by atoms with Crippen LogP contribution in [-0.4, -0.2) is 38.3 Å². The number of aromatic nitrogens is 1. The van der Waals surface area contributed by atoms with Crippen LogP contribution in [0.25, 0.3) is 0 Å². The topological polar surface area (TPSA) is 51.4 Å². The number of nitrogens with two attached hydrogens (primary N) is 1. The molecule has 0 aliphatic rings. The van der Waals surface area contributed by atoms with E-state index in [1.54, 1.807) is 7.11 Å². The van der Waals surface area contributed by atoms with E-state index < -0.39 is 0 Å². The van der Waals surface area contributed by atoms with Crippen LogP contribution < -0.4 is 10.6 Å². The smallest absolute Gasteiger partial charge is 0.131 e. The first-order valence-corrected chi connectivity index (χ1v) is 5.54. The SMILES string of the molecule is COCCN(C)c1ncccc1CC(C)N. The van der Waals surface area contributed by atoms with Crippen molar-refractivity contribution in [1.82, 2.24) is 4.98 Å². The molecule has 0 saturated heterocycles. The number of ether oxygens (including phenoxy) is 1. The first-order chi connectivity index (χ1) is 7.65. The van der Waals surface area contributed by atoms with Crippen molar-refractivity contribution in [3.05, 3.63) is 23.9 Å². The molecule has 0 aliphatic carbocycles. The second kappa shape index (κ2) is 6.45. The Bertz CT molecular complexity index is 315. The number of methoxy groups -OCH3 is 1. The number of hydrogen-bond acceptors (Lipinski definition) is 4. The molecule has 0 fully saturated rings. The van der Waals surface area contributed by atoms with Gasteiger partial charge in [0.2, 0.25) is 0 Å². The fourth-order valence-electron chi connectivity index (χ4n) is 1.61. The summed E-state index contributed by atoms with van der Waals surface area (Å²) < 4.78 is 5.06. The summed E-state index contributed by atoms with van der Waals surface area (Å²) in [6, 6.07) is 4.18. The van der Waals surface area contributed by atoms with E-state index in [1.807, 2.05) is 26.2 Å². The van der Waals surface area contributed by atoms with Crippen LogP contribution >= 0.6 is 0 Å². The number of anilines is 1. The lowest BCUT2D eigenvalue weighted by Crippen LogP contribution is -2.26. The molecular formula is C12H21N3O. The number of pyridine rings is 1. The second-order valence-electron chi connectivity index (χ2n) is 4.08. The van der Waals surface area contributed by atoms with Crippen LogP contribution in [0.4, 0.5) is 5.82 Å². The van der Waals surface area contributed by atoms with Crippen LogP contribution in [-0.2, 0) is 11.2 Å². The molecule has 0 bridgehead atoms. The molecule has 0 radical (unpaired) electrons. The van der Waals surface area contributed by atoms with Crippen LogP contribution in [0, 0.1) is 0 Å². The molecule has 0 saturated carbocycles. The monoisotopic (exact) mass is 223 g/mol. The minimum absolute atomic E-state index is 0.152. The van der Waals surface area contributed by atoms with Crippen molar-refractivity contribution >= 4 is 5.82 Å². The highest BCUT2D eigenvalue weighted by Gasteiger charge is 2.09. The molecule has 0 aliphatic heterocycles. The first kappa shape index (κ1) is 12.9. The van der Waals surface area contributed by atoms with Gasteiger partial charge in [0.05, 0.1) is 6.61 Å². The average Bonchev–Trinajstić information content (AvgIpc) is 2.26. The zero-order valence-corrected chi connectivity index (χ0v) is 10.3. The van der Waals surface area contributed by atoms with Crippen LogP contribution in [0.1, 0.15) is 12.5 Å². The Labute approximate surface area is 97.4 Å². The Kier molecular flexibility index (Phi) is 5.22. The van der Waals surface area contributed by atoms with E-state index in [1.165, 1.54) is 5.56 Å². The van der Waals surface area contributed by atoms with Crippen molar-refractivity contribution in [2.45, 2.75) is 19.4 Å². The van der Waals surface area contributed by atoms with E-state index in [0.717, 1.165) is 18.8 Å². The summed E-state index contributed by atoms with van der Waals surface area (Å²) in [6.07, 6.45) is 2.66. The molecule has 0 amide bonds. The maximum atomic E-state index is 5.82. The Hall–Kier alpha value is -1.13. The van der Waals surface area contributed by atoms with Crippen molar-refractivity contribution in [3.63, 3.8) is 0 Å². The number of nitrogens with zero attached hydrogens (tertiary/aromatic N) is 2. The van der Waals surface area contributed by atoms with Crippen molar-refractivity contribution in [3.8, 4) is 0 Å². The zero-order valence-electron chi connectivity index (χ0n) is 10.3. The molecule has 1 heterocycles. The summed E-state index contributed by atoms with van der Waals surface area (Å²) in [5, 5.41) is 0. The van der Waals surface area contributed by atoms with Crippen LogP contribution in [0.3, 0.4) is 0 Å². The van der Waals surface area contributed by atoms with Gasteiger partial charge in [0.15, 0.2) is 0 Å². The van der Waals surface area contributed by atoms with Crippen molar-refractivity contribution in [1.29, 1.82) is 0 Å². The van der Waals surface area contributed by atoms with E-state index in [4.69, 9.17) is 10.5 Å². The molecule has 0 aromatic carbocycles. The highest BCUT2D eigenvalue weighted by atomic mass is 16.5. The third kappa shape index (κ3) is 3.79. The second-order valence-corrected chi connectivity index (χ2v) is 4.08. The summed E-state index contributed by atoms with van der Waals surface area (Å²) in [5.74, 6) is 0.997. The Morgan fingerprint density at radius 1 is 1.56 bits per heavy atom. The molecule has 16 heavy (non-hydrogen) atoms. The van der Waals surface area contributed by atoms with Gasteiger partial charge < -0.3 is 15.4 Å². The number of hydrogen-bond donors (Lipinski definition) is 1. The van der Waals surface area contributed by atoms with Crippen molar-refractivity contribution < 1.29 is 4.74 Å². The van der Waals surface area contributed by atoms with Gasteiger partial charge in [0.25, 0.3) is 0 Å². The molecule has 1 rings (SSSR count). The molecule has 1 unspecified atom stereocenters. The molecule has 0 spiro atoms. The van der Waals surface area contributed by atoms with E-state index in [9.17, 15) is 0 Å². The predicted molar refractivity (Wildman–Crippen MR) is 66.7 cm³/mol. The van der Waals surface area contributed by atoms with Crippen LogP contribution in [0.2, 0.25) is 0 Å². The van der Waals surface area contributed by atoms with Gasteiger partial charge in [-0.1, -0.05) is 6.07 Å². The molecule has 2 N–H and O–H groups in total. The molecule has 4 nitrogen and oxygen atoms in total. The molecule has 90 valence electrons. The minimum Gasteiger partial charge on any atom is -0.383 e.